The third kappa shape index (κ3) is 4.80. The predicted molar refractivity (Wildman–Crippen MR) is 93.1 cm³/mol. The fourth-order valence-electron chi connectivity index (χ4n) is 2.60. The molecule has 0 aromatic heterocycles. The molecule has 7 nitrogen and oxygen atoms in total. The van der Waals surface area contributed by atoms with E-state index in [4.69, 9.17) is 14.2 Å². The van der Waals surface area contributed by atoms with Gasteiger partial charge in [-0.15, -0.1) is 0 Å². The van der Waals surface area contributed by atoms with E-state index >= 15 is 0 Å². The van der Waals surface area contributed by atoms with Crippen LogP contribution in [0.3, 0.4) is 0 Å². The van der Waals surface area contributed by atoms with Gasteiger partial charge in [0, 0.05) is 18.7 Å². The van der Waals surface area contributed by atoms with Gasteiger partial charge in [0.25, 0.3) is 5.69 Å². The van der Waals surface area contributed by atoms with Gasteiger partial charge in [-0.3, -0.25) is 10.1 Å². The van der Waals surface area contributed by atoms with E-state index < -0.39 is 10.9 Å². The molecule has 3 rings (SSSR count). The Kier molecular flexibility index (Phi) is 5.80. The summed E-state index contributed by atoms with van der Waals surface area (Å²) in [6, 6.07) is 12.6. The summed E-state index contributed by atoms with van der Waals surface area (Å²) in [6.45, 7) is 1.34. The van der Waals surface area contributed by atoms with E-state index in [2.05, 4.69) is 0 Å². The Hall–Kier alpha value is -2.93. The summed E-state index contributed by atoms with van der Waals surface area (Å²) < 4.78 is 16.4. The lowest BCUT2D eigenvalue weighted by molar-refractivity contribution is -0.384. The minimum absolute atomic E-state index is 0.00123. The molecule has 2 aromatic rings. The van der Waals surface area contributed by atoms with Crippen LogP contribution in [0.25, 0.3) is 0 Å². The highest BCUT2D eigenvalue weighted by Gasteiger charge is 2.16. The number of non-ortho nitro benzene ring substituents is 1. The standard InChI is InChI=1S/C19H19NO6/c21-19(26-12-14-3-7-16(8-4-14)20(22)23)15-5-9-17(10-6-15)25-13-18-2-1-11-24-18/h3-10,18H,1-2,11-13H2/t18-/m1/s1. The maximum atomic E-state index is 12.1. The third-order valence-corrected chi connectivity index (χ3v) is 4.07. The van der Waals surface area contributed by atoms with Gasteiger partial charge in [0.15, 0.2) is 0 Å². The first-order valence-corrected chi connectivity index (χ1v) is 8.37. The highest BCUT2D eigenvalue weighted by molar-refractivity contribution is 5.89. The number of carbonyl (C=O) groups is 1. The normalized spacial score (nSPS) is 16.2. The first-order chi connectivity index (χ1) is 12.6. The summed E-state index contributed by atoms with van der Waals surface area (Å²) in [7, 11) is 0. The van der Waals surface area contributed by atoms with E-state index in [9.17, 15) is 14.9 Å². The first-order valence-electron chi connectivity index (χ1n) is 8.37. The van der Waals surface area contributed by atoms with Crippen LogP contribution in [-0.2, 0) is 16.1 Å². The van der Waals surface area contributed by atoms with Crippen LogP contribution in [0.2, 0.25) is 0 Å². The zero-order chi connectivity index (χ0) is 18.4. The topological polar surface area (TPSA) is 87.9 Å². The molecule has 0 radical (unpaired) electrons. The van der Waals surface area contributed by atoms with Gasteiger partial charge < -0.3 is 14.2 Å². The number of nitro groups is 1. The Bertz CT molecular complexity index is 751. The molecule has 26 heavy (non-hydrogen) atoms. The van der Waals surface area contributed by atoms with Crippen molar-refractivity contribution in [3.63, 3.8) is 0 Å². The lowest BCUT2D eigenvalue weighted by Gasteiger charge is -2.11. The molecule has 1 aliphatic rings. The van der Waals surface area contributed by atoms with Gasteiger partial charge in [0.1, 0.15) is 19.0 Å². The molecule has 0 amide bonds. The number of ether oxygens (including phenoxy) is 3. The number of hydrogen-bond donors (Lipinski definition) is 0. The van der Waals surface area contributed by atoms with Gasteiger partial charge in [0.05, 0.1) is 16.6 Å². The minimum Gasteiger partial charge on any atom is -0.491 e. The van der Waals surface area contributed by atoms with Gasteiger partial charge in [0.2, 0.25) is 0 Å². The molecule has 1 fully saturated rings. The van der Waals surface area contributed by atoms with Crippen molar-refractivity contribution in [2.24, 2.45) is 0 Å². The summed E-state index contributed by atoms with van der Waals surface area (Å²) in [5.41, 5.74) is 1.09. The number of nitrogens with zero attached hydrogens (tertiary/aromatic N) is 1. The van der Waals surface area contributed by atoms with E-state index in [1.165, 1.54) is 12.1 Å². The Labute approximate surface area is 150 Å². The fourth-order valence-corrected chi connectivity index (χ4v) is 2.60. The molecule has 0 unspecified atom stereocenters. The molecule has 0 bridgehead atoms. The molecule has 7 heteroatoms. The molecule has 2 aromatic carbocycles. The quantitative estimate of drug-likeness (QED) is 0.428. The second-order valence-electron chi connectivity index (χ2n) is 5.97. The van der Waals surface area contributed by atoms with E-state index in [0.29, 0.717) is 23.5 Å². The maximum absolute atomic E-state index is 12.1. The lowest BCUT2D eigenvalue weighted by Crippen LogP contribution is -2.16. The van der Waals surface area contributed by atoms with Crippen molar-refractivity contribution in [3.05, 3.63) is 69.8 Å². The van der Waals surface area contributed by atoms with Crippen molar-refractivity contribution in [1.29, 1.82) is 0 Å². The molecule has 1 saturated heterocycles. The van der Waals surface area contributed by atoms with Crippen LogP contribution >= 0.6 is 0 Å². The summed E-state index contributed by atoms with van der Waals surface area (Å²) >= 11 is 0. The number of esters is 1. The van der Waals surface area contributed by atoms with Crippen molar-refractivity contribution in [3.8, 4) is 5.75 Å². The van der Waals surface area contributed by atoms with Crippen LogP contribution in [0.4, 0.5) is 5.69 Å². The zero-order valence-electron chi connectivity index (χ0n) is 14.1. The molecule has 0 N–H and O–H groups in total. The summed E-state index contributed by atoms with van der Waals surface area (Å²) in [5.74, 6) is 0.210. The van der Waals surface area contributed by atoms with Crippen LogP contribution in [0.1, 0.15) is 28.8 Å². The molecule has 0 aliphatic carbocycles. The molecule has 0 spiro atoms. The minimum atomic E-state index is -0.474. The molecule has 136 valence electrons. The van der Waals surface area contributed by atoms with Gasteiger partial charge >= 0.3 is 5.97 Å². The zero-order valence-corrected chi connectivity index (χ0v) is 14.1. The van der Waals surface area contributed by atoms with Crippen LogP contribution in [0.5, 0.6) is 5.75 Å². The Morgan fingerprint density at radius 3 is 2.50 bits per heavy atom. The van der Waals surface area contributed by atoms with Crippen molar-refractivity contribution in [1.82, 2.24) is 0 Å². The van der Waals surface area contributed by atoms with Crippen LogP contribution in [0.15, 0.2) is 48.5 Å². The van der Waals surface area contributed by atoms with E-state index in [1.807, 2.05) is 0 Å². The smallest absolute Gasteiger partial charge is 0.338 e. The number of hydrogen-bond acceptors (Lipinski definition) is 6. The number of rotatable bonds is 7. The average Bonchev–Trinajstić information content (AvgIpc) is 3.19. The molecular formula is C19H19NO6. The Morgan fingerprint density at radius 2 is 1.88 bits per heavy atom. The molecule has 1 heterocycles. The highest BCUT2D eigenvalue weighted by atomic mass is 16.6. The largest absolute Gasteiger partial charge is 0.491 e. The van der Waals surface area contributed by atoms with Gasteiger partial charge in [-0.25, -0.2) is 4.79 Å². The fraction of sp³-hybridized carbons (Fsp3) is 0.316. The van der Waals surface area contributed by atoms with Crippen LogP contribution in [0, 0.1) is 10.1 Å². The number of carbonyl (C=O) groups excluding carboxylic acids is 1. The summed E-state index contributed by atoms with van der Waals surface area (Å²) in [6.07, 6.45) is 2.21. The SMILES string of the molecule is O=C(OCc1ccc([N+](=O)[O-])cc1)c1ccc(OC[C@H]2CCCO2)cc1. The molecular weight excluding hydrogens is 338 g/mol. The Balaban J connectivity index is 1.48. The van der Waals surface area contributed by atoms with Crippen molar-refractivity contribution < 1.29 is 23.9 Å². The lowest BCUT2D eigenvalue weighted by atomic mass is 10.2. The highest BCUT2D eigenvalue weighted by Crippen LogP contribution is 2.18. The Morgan fingerprint density at radius 1 is 1.15 bits per heavy atom. The van der Waals surface area contributed by atoms with Crippen molar-refractivity contribution in [2.45, 2.75) is 25.6 Å². The van der Waals surface area contributed by atoms with Crippen molar-refractivity contribution in [2.75, 3.05) is 13.2 Å². The monoisotopic (exact) mass is 357 g/mol. The molecule has 1 aliphatic heterocycles. The predicted octanol–water partition coefficient (Wildman–Crippen LogP) is 3.51. The second-order valence-corrected chi connectivity index (χ2v) is 5.97. The summed E-state index contributed by atoms with van der Waals surface area (Å²) in [4.78, 5) is 22.2. The van der Waals surface area contributed by atoms with E-state index in [1.54, 1.807) is 36.4 Å². The molecule has 0 saturated carbocycles. The number of benzene rings is 2. The summed E-state index contributed by atoms with van der Waals surface area (Å²) in [5, 5.41) is 10.6. The van der Waals surface area contributed by atoms with Gasteiger partial charge in [-0.1, -0.05) is 0 Å². The van der Waals surface area contributed by atoms with E-state index in [0.717, 1.165) is 19.4 Å². The third-order valence-electron chi connectivity index (χ3n) is 4.07. The van der Waals surface area contributed by atoms with Crippen LogP contribution in [-0.4, -0.2) is 30.2 Å². The van der Waals surface area contributed by atoms with Gasteiger partial charge in [-0.2, -0.15) is 0 Å². The first kappa shape index (κ1) is 17.9. The van der Waals surface area contributed by atoms with Crippen LogP contribution < -0.4 is 4.74 Å². The number of nitro benzene ring substituents is 1. The van der Waals surface area contributed by atoms with Crippen molar-refractivity contribution >= 4 is 11.7 Å². The average molecular weight is 357 g/mol. The molecule has 1 atom stereocenters. The second kappa shape index (κ2) is 8.44. The van der Waals surface area contributed by atoms with Gasteiger partial charge in [-0.05, 0) is 54.8 Å². The maximum Gasteiger partial charge on any atom is 0.338 e. The van der Waals surface area contributed by atoms with E-state index in [-0.39, 0.29) is 18.4 Å².